The van der Waals surface area contributed by atoms with Gasteiger partial charge in [-0.05, 0) is 52.8 Å². The lowest BCUT2D eigenvalue weighted by Crippen LogP contribution is -2.28. The van der Waals surface area contributed by atoms with Gasteiger partial charge in [-0.25, -0.2) is 4.98 Å². The molecule has 3 nitrogen and oxygen atoms in total. The minimum Gasteiger partial charge on any atom is -0.358 e. The third-order valence-corrected chi connectivity index (χ3v) is 4.44. The number of nitrogens with one attached hydrogen (secondary N) is 2. The average Bonchev–Trinajstić information content (AvgIpc) is 2.44. The van der Waals surface area contributed by atoms with Crippen molar-refractivity contribution >= 4 is 62.3 Å². The van der Waals surface area contributed by atoms with Gasteiger partial charge in [-0.1, -0.05) is 41.4 Å². The molecule has 7 heteroatoms. The van der Waals surface area contributed by atoms with Crippen molar-refractivity contribution in [3.8, 4) is 0 Å². The van der Waals surface area contributed by atoms with Crippen LogP contribution in [0, 0.1) is 6.92 Å². The first-order valence-electron chi connectivity index (χ1n) is 6.08. The Hall–Kier alpha value is -0.880. The molecule has 1 heterocycles. The van der Waals surface area contributed by atoms with Crippen molar-refractivity contribution in [3.05, 3.63) is 56.1 Å². The number of thiocarbonyl (C=S) groups is 1. The number of nitrogens with zero attached hydrogens (tertiary/aromatic N) is 1. The van der Waals surface area contributed by atoms with E-state index in [0.717, 1.165) is 15.7 Å². The van der Waals surface area contributed by atoms with Crippen molar-refractivity contribution in [1.29, 1.82) is 0 Å². The van der Waals surface area contributed by atoms with Gasteiger partial charge in [0.2, 0.25) is 0 Å². The number of halogens is 3. The first-order chi connectivity index (χ1) is 9.97. The summed E-state index contributed by atoms with van der Waals surface area (Å²) in [6.45, 7) is 2.41. The van der Waals surface area contributed by atoms with Crippen LogP contribution < -0.4 is 10.6 Å². The zero-order chi connectivity index (χ0) is 15.4. The van der Waals surface area contributed by atoms with E-state index in [4.69, 9.17) is 35.4 Å². The average molecular weight is 405 g/mol. The molecule has 0 aliphatic rings. The number of aromatic nitrogens is 1. The van der Waals surface area contributed by atoms with Crippen molar-refractivity contribution in [2.75, 3.05) is 5.32 Å². The van der Waals surface area contributed by atoms with E-state index < -0.39 is 0 Å². The van der Waals surface area contributed by atoms with E-state index in [1.54, 1.807) is 6.07 Å². The summed E-state index contributed by atoms with van der Waals surface area (Å²) in [6, 6.07) is 9.37. The predicted molar refractivity (Wildman–Crippen MR) is 96.2 cm³/mol. The summed E-state index contributed by atoms with van der Waals surface area (Å²) in [7, 11) is 0. The second-order valence-corrected chi connectivity index (χ2v) is 6.36. The van der Waals surface area contributed by atoms with E-state index >= 15 is 0 Å². The lowest BCUT2D eigenvalue weighted by molar-refractivity contribution is 0.925. The summed E-state index contributed by atoms with van der Waals surface area (Å²) < 4.78 is 0.855. The molecule has 0 unspecified atom stereocenters. The molecule has 1 aromatic heterocycles. The third-order valence-electron chi connectivity index (χ3n) is 2.73. The van der Waals surface area contributed by atoms with E-state index in [9.17, 15) is 0 Å². The van der Waals surface area contributed by atoms with E-state index in [1.165, 1.54) is 0 Å². The molecule has 0 bridgehead atoms. The first-order valence-corrected chi connectivity index (χ1v) is 8.04. The fraction of sp³-hybridized carbons (Fsp3) is 0.143. The molecule has 0 aliphatic heterocycles. The van der Waals surface area contributed by atoms with Crippen LogP contribution in [0.25, 0.3) is 0 Å². The molecule has 0 spiro atoms. The highest BCUT2D eigenvalue weighted by molar-refractivity contribution is 9.10. The van der Waals surface area contributed by atoms with Crippen LogP contribution in [-0.4, -0.2) is 10.1 Å². The molecule has 2 rings (SSSR count). The predicted octanol–water partition coefficient (Wildman–Crippen LogP) is 4.95. The number of anilines is 1. The largest absolute Gasteiger partial charge is 0.358 e. The van der Waals surface area contributed by atoms with E-state index in [2.05, 4.69) is 31.5 Å². The molecule has 0 saturated carbocycles. The summed E-state index contributed by atoms with van der Waals surface area (Å²) in [5.74, 6) is 0.522. The van der Waals surface area contributed by atoms with Gasteiger partial charge in [-0.2, -0.15) is 0 Å². The molecular formula is C14H12BrCl2N3S. The normalized spacial score (nSPS) is 10.3. The van der Waals surface area contributed by atoms with Crippen LogP contribution >= 0.6 is 51.3 Å². The molecule has 110 valence electrons. The second kappa shape index (κ2) is 7.40. The van der Waals surface area contributed by atoms with Crippen molar-refractivity contribution in [1.82, 2.24) is 10.3 Å². The highest BCUT2D eigenvalue weighted by Crippen LogP contribution is 2.25. The van der Waals surface area contributed by atoms with Crippen LogP contribution in [-0.2, 0) is 6.54 Å². The second-order valence-electron chi connectivity index (χ2n) is 4.29. The Bertz CT molecular complexity index is 679. The van der Waals surface area contributed by atoms with E-state index in [-0.39, 0.29) is 0 Å². The maximum Gasteiger partial charge on any atom is 0.172 e. The van der Waals surface area contributed by atoms with Gasteiger partial charge in [0, 0.05) is 16.0 Å². The van der Waals surface area contributed by atoms with E-state index in [1.807, 2.05) is 31.2 Å². The first kappa shape index (κ1) is 16.5. The lowest BCUT2D eigenvalue weighted by Gasteiger charge is -2.12. The Morgan fingerprint density at radius 2 is 2.00 bits per heavy atom. The van der Waals surface area contributed by atoms with Gasteiger partial charge in [0.1, 0.15) is 0 Å². The van der Waals surface area contributed by atoms with Crippen molar-refractivity contribution < 1.29 is 0 Å². The highest BCUT2D eigenvalue weighted by Gasteiger charge is 2.08. The number of hydrogen-bond donors (Lipinski definition) is 2. The number of benzene rings is 1. The third kappa shape index (κ3) is 4.54. The number of aryl methyl sites for hydroxylation is 1. The fourth-order valence-corrected chi connectivity index (χ4v) is 2.63. The Balaban J connectivity index is 1.99. The van der Waals surface area contributed by atoms with Gasteiger partial charge in [-0.3, -0.25) is 0 Å². The van der Waals surface area contributed by atoms with Gasteiger partial charge in [0.15, 0.2) is 10.9 Å². The van der Waals surface area contributed by atoms with E-state index in [0.29, 0.717) is 27.5 Å². The summed E-state index contributed by atoms with van der Waals surface area (Å²) >= 11 is 20.8. The van der Waals surface area contributed by atoms with Gasteiger partial charge in [0.05, 0.1) is 10.7 Å². The summed E-state index contributed by atoms with van der Waals surface area (Å²) in [5.41, 5.74) is 1.80. The van der Waals surface area contributed by atoms with Gasteiger partial charge >= 0.3 is 0 Å². The van der Waals surface area contributed by atoms with Gasteiger partial charge < -0.3 is 10.6 Å². The zero-order valence-electron chi connectivity index (χ0n) is 11.1. The smallest absolute Gasteiger partial charge is 0.172 e. The standard InChI is InChI=1S/C14H12BrCl2N3S/c1-8-10(15)6-12(17)13(19-8)20-14(21)18-7-9-4-2-3-5-11(9)16/h2-6H,7H2,1H3,(H2,18,19,20,21). The fourth-order valence-electron chi connectivity index (χ4n) is 1.62. The Kier molecular flexibility index (Phi) is 5.81. The molecule has 2 N–H and O–H groups in total. The van der Waals surface area contributed by atoms with Crippen LogP contribution in [0.1, 0.15) is 11.3 Å². The number of hydrogen-bond acceptors (Lipinski definition) is 2. The summed E-state index contributed by atoms with van der Waals surface area (Å²) in [5, 5.41) is 7.68. The molecular weight excluding hydrogens is 393 g/mol. The molecule has 1 aromatic carbocycles. The van der Waals surface area contributed by atoms with Gasteiger partial charge in [0.25, 0.3) is 0 Å². The Morgan fingerprint density at radius 1 is 1.29 bits per heavy atom. The lowest BCUT2D eigenvalue weighted by atomic mass is 10.2. The quantitative estimate of drug-likeness (QED) is 0.710. The molecule has 0 fully saturated rings. The highest BCUT2D eigenvalue weighted by atomic mass is 79.9. The SMILES string of the molecule is Cc1nc(NC(=S)NCc2ccccc2Cl)c(Cl)cc1Br. The topological polar surface area (TPSA) is 37.0 Å². The molecule has 0 amide bonds. The minimum absolute atomic E-state index is 0.436. The molecule has 0 radical (unpaired) electrons. The monoisotopic (exact) mass is 403 g/mol. The molecule has 21 heavy (non-hydrogen) atoms. The number of rotatable bonds is 3. The molecule has 0 saturated heterocycles. The molecule has 2 aromatic rings. The van der Waals surface area contributed by atoms with Crippen molar-refractivity contribution in [2.45, 2.75) is 13.5 Å². The number of pyridine rings is 1. The van der Waals surface area contributed by atoms with Crippen molar-refractivity contribution in [3.63, 3.8) is 0 Å². The summed E-state index contributed by atoms with van der Waals surface area (Å²) in [6.07, 6.45) is 0. The van der Waals surface area contributed by atoms with Gasteiger partial charge in [-0.15, -0.1) is 0 Å². The minimum atomic E-state index is 0.436. The van der Waals surface area contributed by atoms with Crippen LogP contribution in [0.15, 0.2) is 34.8 Å². The van der Waals surface area contributed by atoms with Crippen LogP contribution in [0.3, 0.4) is 0 Å². The van der Waals surface area contributed by atoms with Crippen LogP contribution in [0.5, 0.6) is 0 Å². The van der Waals surface area contributed by atoms with Crippen LogP contribution in [0.2, 0.25) is 10.0 Å². The Morgan fingerprint density at radius 3 is 2.71 bits per heavy atom. The zero-order valence-corrected chi connectivity index (χ0v) is 15.0. The summed E-state index contributed by atoms with van der Waals surface area (Å²) in [4.78, 5) is 4.34. The molecule has 0 atom stereocenters. The maximum absolute atomic E-state index is 6.12. The van der Waals surface area contributed by atoms with Crippen LogP contribution in [0.4, 0.5) is 5.82 Å². The van der Waals surface area contributed by atoms with Crippen molar-refractivity contribution in [2.24, 2.45) is 0 Å². The Labute approximate surface area is 147 Å². The maximum atomic E-state index is 6.12. The molecule has 0 aliphatic carbocycles.